The minimum atomic E-state index is -0.261. The van der Waals surface area contributed by atoms with Gasteiger partial charge < -0.3 is 9.64 Å². The normalized spacial score (nSPS) is 17.1. The second-order valence-corrected chi connectivity index (χ2v) is 7.10. The average molecular weight is 381 g/mol. The zero-order valence-corrected chi connectivity index (χ0v) is 16.0. The molecule has 28 heavy (non-hydrogen) atoms. The van der Waals surface area contributed by atoms with Crippen molar-refractivity contribution in [2.75, 3.05) is 13.7 Å². The smallest absolute Gasteiger partial charge is 0.264 e. The van der Waals surface area contributed by atoms with Gasteiger partial charge in [0.15, 0.2) is 5.65 Å². The van der Waals surface area contributed by atoms with Crippen molar-refractivity contribution in [3.63, 3.8) is 0 Å². The number of rotatable bonds is 4. The van der Waals surface area contributed by atoms with E-state index in [1.165, 1.54) is 17.1 Å². The van der Waals surface area contributed by atoms with Crippen molar-refractivity contribution in [1.82, 2.24) is 24.2 Å². The Morgan fingerprint density at radius 3 is 2.75 bits per heavy atom. The van der Waals surface area contributed by atoms with Crippen LogP contribution in [0.25, 0.3) is 16.7 Å². The van der Waals surface area contributed by atoms with Crippen LogP contribution >= 0.6 is 0 Å². The van der Waals surface area contributed by atoms with Gasteiger partial charge in [0.05, 0.1) is 19.0 Å². The standard InChI is InChI=1S/C20H23N5O3/c1-14-5-3-4-10-24(14)18(26)12-23-13-21-19-17(20(23)27)11-22-25(19)15-6-8-16(28-2)9-7-15/h6-9,11,13-14H,3-5,10,12H2,1-2H3. The summed E-state index contributed by atoms with van der Waals surface area (Å²) in [7, 11) is 1.61. The van der Waals surface area contributed by atoms with E-state index in [0.717, 1.165) is 37.2 Å². The second kappa shape index (κ2) is 7.46. The summed E-state index contributed by atoms with van der Waals surface area (Å²) < 4.78 is 8.14. The van der Waals surface area contributed by atoms with E-state index < -0.39 is 0 Å². The van der Waals surface area contributed by atoms with Crippen molar-refractivity contribution in [3.8, 4) is 11.4 Å². The minimum Gasteiger partial charge on any atom is -0.497 e. The number of carbonyl (C=O) groups is 1. The van der Waals surface area contributed by atoms with Crippen LogP contribution in [0.3, 0.4) is 0 Å². The number of carbonyl (C=O) groups excluding carboxylic acids is 1. The van der Waals surface area contributed by atoms with Crippen LogP contribution in [0.5, 0.6) is 5.75 Å². The monoisotopic (exact) mass is 381 g/mol. The number of hydrogen-bond acceptors (Lipinski definition) is 5. The molecular formula is C20H23N5O3. The Kier molecular flexibility index (Phi) is 4.85. The van der Waals surface area contributed by atoms with E-state index in [2.05, 4.69) is 17.0 Å². The molecule has 0 spiro atoms. The Bertz CT molecular complexity index is 1050. The van der Waals surface area contributed by atoms with Gasteiger partial charge in [-0.3, -0.25) is 14.2 Å². The number of likely N-dealkylation sites (tertiary alicyclic amines) is 1. The highest BCUT2D eigenvalue weighted by Crippen LogP contribution is 2.18. The molecule has 146 valence electrons. The van der Waals surface area contributed by atoms with Gasteiger partial charge in [-0.2, -0.15) is 5.10 Å². The molecule has 0 aliphatic carbocycles. The first-order valence-corrected chi connectivity index (χ1v) is 9.45. The summed E-state index contributed by atoms with van der Waals surface area (Å²) >= 11 is 0. The van der Waals surface area contributed by atoms with E-state index >= 15 is 0 Å². The van der Waals surface area contributed by atoms with E-state index in [9.17, 15) is 9.59 Å². The summed E-state index contributed by atoms with van der Waals surface area (Å²) in [6.07, 6.45) is 6.09. The predicted molar refractivity (Wildman–Crippen MR) is 105 cm³/mol. The van der Waals surface area contributed by atoms with Crippen molar-refractivity contribution in [1.29, 1.82) is 0 Å². The molecule has 3 aromatic rings. The molecule has 1 unspecified atom stereocenters. The summed E-state index contributed by atoms with van der Waals surface area (Å²) in [5.74, 6) is 0.693. The van der Waals surface area contributed by atoms with Gasteiger partial charge in [-0.1, -0.05) is 0 Å². The third-order valence-corrected chi connectivity index (χ3v) is 5.30. The number of fused-ring (bicyclic) bond motifs is 1. The number of aromatic nitrogens is 4. The number of amides is 1. The van der Waals surface area contributed by atoms with Crippen molar-refractivity contribution in [2.24, 2.45) is 0 Å². The summed E-state index contributed by atoms with van der Waals surface area (Å²) in [5, 5.41) is 4.70. The van der Waals surface area contributed by atoms with Gasteiger partial charge in [0.2, 0.25) is 5.91 Å². The molecule has 3 heterocycles. The number of methoxy groups -OCH3 is 1. The number of piperidine rings is 1. The van der Waals surface area contributed by atoms with E-state index in [4.69, 9.17) is 4.74 Å². The summed E-state index contributed by atoms with van der Waals surface area (Å²) in [4.78, 5) is 31.8. The van der Waals surface area contributed by atoms with Crippen molar-refractivity contribution in [3.05, 3.63) is 47.1 Å². The maximum Gasteiger partial charge on any atom is 0.264 e. The first-order chi connectivity index (χ1) is 13.6. The zero-order valence-electron chi connectivity index (χ0n) is 16.0. The third-order valence-electron chi connectivity index (χ3n) is 5.30. The van der Waals surface area contributed by atoms with E-state index in [1.807, 2.05) is 29.2 Å². The molecule has 2 aromatic heterocycles. The average Bonchev–Trinajstić information content (AvgIpc) is 3.15. The lowest BCUT2D eigenvalue weighted by Crippen LogP contribution is -2.44. The van der Waals surface area contributed by atoms with Crippen LogP contribution in [0.15, 0.2) is 41.6 Å². The Balaban J connectivity index is 1.62. The first kappa shape index (κ1) is 18.2. The number of benzene rings is 1. The Hall–Kier alpha value is -3.16. The van der Waals surface area contributed by atoms with Crippen LogP contribution < -0.4 is 10.3 Å². The van der Waals surface area contributed by atoms with Gasteiger partial charge in [-0.15, -0.1) is 0 Å². The molecule has 8 nitrogen and oxygen atoms in total. The fraction of sp³-hybridized carbons (Fsp3) is 0.400. The van der Waals surface area contributed by atoms with Crippen LogP contribution in [0.2, 0.25) is 0 Å². The molecule has 1 amide bonds. The molecule has 0 radical (unpaired) electrons. The first-order valence-electron chi connectivity index (χ1n) is 9.45. The van der Waals surface area contributed by atoms with Crippen molar-refractivity contribution in [2.45, 2.75) is 38.8 Å². The molecule has 8 heteroatoms. The van der Waals surface area contributed by atoms with Crippen LogP contribution in [-0.4, -0.2) is 49.8 Å². The van der Waals surface area contributed by atoms with E-state index in [-0.39, 0.29) is 24.1 Å². The molecular weight excluding hydrogens is 358 g/mol. The molecule has 1 saturated heterocycles. The van der Waals surface area contributed by atoms with Gasteiger partial charge in [0, 0.05) is 12.6 Å². The third kappa shape index (κ3) is 3.26. The largest absolute Gasteiger partial charge is 0.497 e. The number of ether oxygens (including phenoxy) is 1. The maximum absolute atomic E-state index is 12.9. The van der Waals surface area contributed by atoms with E-state index in [1.54, 1.807) is 11.8 Å². The maximum atomic E-state index is 12.9. The Labute approximate surface area is 162 Å². The molecule has 1 atom stereocenters. The van der Waals surface area contributed by atoms with Crippen LogP contribution in [0, 0.1) is 0 Å². The van der Waals surface area contributed by atoms with Crippen molar-refractivity contribution >= 4 is 16.9 Å². The Morgan fingerprint density at radius 1 is 1.25 bits per heavy atom. The van der Waals surface area contributed by atoms with Gasteiger partial charge >= 0.3 is 0 Å². The minimum absolute atomic E-state index is 0.000169. The highest BCUT2D eigenvalue weighted by molar-refractivity contribution is 5.78. The predicted octanol–water partition coefficient (Wildman–Crippen LogP) is 1.99. The quantitative estimate of drug-likeness (QED) is 0.690. The molecule has 0 bridgehead atoms. The fourth-order valence-corrected chi connectivity index (χ4v) is 3.68. The molecule has 1 aliphatic rings. The highest BCUT2D eigenvalue weighted by Gasteiger charge is 2.24. The fourth-order valence-electron chi connectivity index (χ4n) is 3.68. The molecule has 1 aliphatic heterocycles. The highest BCUT2D eigenvalue weighted by atomic mass is 16.5. The zero-order chi connectivity index (χ0) is 19.7. The molecule has 1 aromatic carbocycles. The number of hydrogen-bond donors (Lipinski definition) is 0. The molecule has 0 saturated carbocycles. The molecule has 4 rings (SSSR count). The van der Waals surface area contributed by atoms with Crippen LogP contribution in [0.1, 0.15) is 26.2 Å². The molecule has 0 N–H and O–H groups in total. The SMILES string of the molecule is COc1ccc(-n2ncc3c(=O)n(CC(=O)N4CCCCC4C)cnc32)cc1. The lowest BCUT2D eigenvalue weighted by atomic mass is 10.0. The van der Waals surface area contributed by atoms with Gasteiger partial charge in [-0.05, 0) is 50.5 Å². The van der Waals surface area contributed by atoms with Crippen molar-refractivity contribution < 1.29 is 9.53 Å². The number of nitrogens with zero attached hydrogens (tertiary/aromatic N) is 5. The van der Waals surface area contributed by atoms with Gasteiger partial charge in [0.1, 0.15) is 24.0 Å². The van der Waals surface area contributed by atoms with Gasteiger partial charge in [-0.25, -0.2) is 9.67 Å². The van der Waals surface area contributed by atoms with E-state index in [0.29, 0.717) is 11.0 Å². The second-order valence-electron chi connectivity index (χ2n) is 7.10. The van der Waals surface area contributed by atoms with Crippen LogP contribution in [-0.2, 0) is 11.3 Å². The summed E-state index contributed by atoms with van der Waals surface area (Å²) in [6.45, 7) is 2.81. The van der Waals surface area contributed by atoms with Crippen LogP contribution in [0.4, 0.5) is 0 Å². The Morgan fingerprint density at radius 2 is 2.04 bits per heavy atom. The molecule has 1 fully saturated rings. The summed E-state index contributed by atoms with van der Waals surface area (Å²) in [6, 6.07) is 7.55. The lowest BCUT2D eigenvalue weighted by Gasteiger charge is -2.33. The van der Waals surface area contributed by atoms with Gasteiger partial charge in [0.25, 0.3) is 5.56 Å². The lowest BCUT2D eigenvalue weighted by molar-refractivity contribution is -0.135. The topological polar surface area (TPSA) is 82.2 Å². The summed E-state index contributed by atoms with van der Waals surface area (Å²) in [5.41, 5.74) is 0.978.